The lowest BCUT2D eigenvalue weighted by Gasteiger charge is -2.28. The van der Waals surface area contributed by atoms with Crippen molar-refractivity contribution in [3.8, 4) is 17.2 Å². The van der Waals surface area contributed by atoms with Gasteiger partial charge in [0.1, 0.15) is 11.5 Å². The molecule has 0 bridgehead atoms. The molecule has 2 atom stereocenters. The highest BCUT2D eigenvalue weighted by Crippen LogP contribution is 2.44. The third-order valence-electron chi connectivity index (χ3n) is 7.13. The molecule has 1 saturated heterocycles. The molecule has 1 fully saturated rings. The molecule has 40 heavy (non-hydrogen) atoms. The number of rotatable bonds is 6. The number of nitrogens with one attached hydrogen (secondary N) is 1. The summed E-state index contributed by atoms with van der Waals surface area (Å²) < 4.78 is 8.20. The minimum atomic E-state index is -0.163. The number of hydrogen-bond donors (Lipinski definition) is 1. The van der Waals surface area contributed by atoms with Crippen molar-refractivity contribution in [2.24, 2.45) is 0 Å². The van der Waals surface area contributed by atoms with Crippen molar-refractivity contribution in [2.45, 2.75) is 25.9 Å². The van der Waals surface area contributed by atoms with Gasteiger partial charge in [0.15, 0.2) is 5.11 Å². The Labute approximate surface area is 249 Å². The molecule has 5 nitrogen and oxygen atoms in total. The minimum absolute atomic E-state index is 0.158. The Morgan fingerprint density at radius 1 is 0.850 bits per heavy atom. The number of benzene rings is 3. The fourth-order valence-corrected chi connectivity index (χ4v) is 6.21. The van der Waals surface area contributed by atoms with E-state index in [4.69, 9.17) is 40.2 Å². The van der Waals surface area contributed by atoms with Crippen LogP contribution in [0.15, 0.2) is 103 Å². The summed E-state index contributed by atoms with van der Waals surface area (Å²) in [5.41, 5.74) is 5.99. The maximum absolute atomic E-state index is 6.65. The van der Waals surface area contributed by atoms with E-state index < -0.39 is 0 Å². The topological polar surface area (TPSA) is 42.3 Å². The molecule has 200 valence electrons. The van der Waals surface area contributed by atoms with Crippen molar-refractivity contribution in [2.75, 3.05) is 4.90 Å². The molecule has 3 heterocycles. The Morgan fingerprint density at radius 3 is 2.27 bits per heavy atom. The lowest BCUT2D eigenvalue weighted by molar-refractivity contribution is 0.482. The van der Waals surface area contributed by atoms with Crippen LogP contribution in [0.4, 0.5) is 5.69 Å². The molecule has 0 aliphatic carbocycles. The lowest BCUT2D eigenvalue weighted by Crippen LogP contribution is -2.29. The first-order chi connectivity index (χ1) is 19.4. The molecule has 5 aromatic rings. The average Bonchev–Trinajstić information content (AvgIpc) is 3.45. The smallest absolute Gasteiger partial charge is 0.174 e. The number of pyridine rings is 1. The van der Waals surface area contributed by atoms with E-state index in [2.05, 4.69) is 39.7 Å². The van der Waals surface area contributed by atoms with Crippen LogP contribution < -0.4 is 15.0 Å². The summed E-state index contributed by atoms with van der Waals surface area (Å²) >= 11 is 18.8. The summed E-state index contributed by atoms with van der Waals surface area (Å²) in [6, 6.07) is 31.2. The number of para-hydroxylation sites is 1. The van der Waals surface area contributed by atoms with Crippen LogP contribution in [0.1, 0.15) is 34.7 Å². The number of anilines is 1. The van der Waals surface area contributed by atoms with Crippen molar-refractivity contribution in [1.29, 1.82) is 0 Å². The van der Waals surface area contributed by atoms with Gasteiger partial charge in [-0.05, 0) is 104 Å². The average molecular weight is 586 g/mol. The van der Waals surface area contributed by atoms with Gasteiger partial charge in [0.05, 0.1) is 28.5 Å². The molecule has 2 aromatic heterocycles. The molecule has 0 radical (unpaired) electrons. The van der Waals surface area contributed by atoms with Gasteiger partial charge in [-0.15, -0.1) is 0 Å². The molecule has 0 unspecified atom stereocenters. The molecule has 6 rings (SSSR count). The van der Waals surface area contributed by atoms with Crippen molar-refractivity contribution in [1.82, 2.24) is 14.9 Å². The van der Waals surface area contributed by atoms with Gasteiger partial charge in [-0.25, -0.2) is 0 Å². The summed E-state index contributed by atoms with van der Waals surface area (Å²) in [4.78, 5) is 6.85. The predicted molar refractivity (Wildman–Crippen MR) is 166 cm³/mol. The largest absolute Gasteiger partial charge is 0.457 e. The molecule has 0 spiro atoms. The first kappa shape index (κ1) is 26.4. The highest BCUT2D eigenvalue weighted by Gasteiger charge is 2.42. The first-order valence-electron chi connectivity index (χ1n) is 12.9. The molecule has 1 N–H and O–H groups in total. The molecule has 8 heteroatoms. The minimum Gasteiger partial charge on any atom is -0.457 e. The number of aryl methyl sites for hydroxylation is 1. The first-order valence-corrected chi connectivity index (χ1v) is 14.0. The second-order valence-corrected chi connectivity index (χ2v) is 10.9. The summed E-state index contributed by atoms with van der Waals surface area (Å²) in [6.07, 6.45) is 1.81. The van der Waals surface area contributed by atoms with Crippen molar-refractivity contribution in [3.63, 3.8) is 0 Å². The van der Waals surface area contributed by atoms with Crippen molar-refractivity contribution >= 4 is 46.2 Å². The Kier molecular flexibility index (Phi) is 7.24. The highest BCUT2D eigenvalue weighted by atomic mass is 35.5. The number of halogens is 2. The number of hydrogen-bond acceptors (Lipinski definition) is 3. The highest BCUT2D eigenvalue weighted by molar-refractivity contribution is 7.80. The van der Waals surface area contributed by atoms with Crippen LogP contribution in [-0.2, 0) is 0 Å². The quantitative estimate of drug-likeness (QED) is 0.202. The van der Waals surface area contributed by atoms with E-state index in [1.807, 2.05) is 91.1 Å². The van der Waals surface area contributed by atoms with E-state index in [1.165, 1.54) is 0 Å². The van der Waals surface area contributed by atoms with Gasteiger partial charge >= 0.3 is 0 Å². The van der Waals surface area contributed by atoms with Crippen molar-refractivity contribution < 1.29 is 4.74 Å². The Bertz CT molecular complexity index is 1670. The second kappa shape index (κ2) is 11.0. The van der Waals surface area contributed by atoms with E-state index in [0.717, 1.165) is 45.5 Å². The fraction of sp³-hybridized carbons (Fsp3) is 0.125. The van der Waals surface area contributed by atoms with Gasteiger partial charge in [-0.2, -0.15) is 0 Å². The Balaban J connectivity index is 1.43. The van der Waals surface area contributed by atoms with E-state index in [1.54, 1.807) is 6.07 Å². The monoisotopic (exact) mass is 584 g/mol. The van der Waals surface area contributed by atoms with Crippen LogP contribution in [-0.4, -0.2) is 14.7 Å². The van der Waals surface area contributed by atoms with E-state index >= 15 is 0 Å². The summed E-state index contributed by atoms with van der Waals surface area (Å²) in [5.74, 6) is 1.54. The van der Waals surface area contributed by atoms with Crippen LogP contribution in [0.5, 0.6) is 11.5 Å². The zero-order valence-corrected chi connectivity index (χ0v) is 24.2. The number of aromatic nitrogens is 2. The van der Waals surface area contributed by atoms with E-state index in [0.29, 0.717) is 15.2 Å². The summed E-state index contributed by atoms with van der Waals surface area (Å²) in [5, 5.41) is 5.37. The van der Waals surface area contributed by atoms with Gasteiger partial charge in [0, 0.05) is 28.3 Å². The Morgan fingerprint density at radius 2 is 1.57 bits per heavy atom. The van der Waals surface area contributed by atoms with Crippen LogP contribution in [0.2, 0.25) is 10.0 Å². The molecule has 0 amide bonds. The van der Waals surface area contributed by atoms with Gasteiger partial charge in [0.2, 0.25) is 0 Å². The number of nitrogens with zero attached hydrogens (tertiary/aromatic N) is 3. The molecule has 0 saturated carbocycles. The lowest BCUT2D eigenvalue weighted by atomic mass is 9.96. The zero-order chi connectivity index (χ0) is 27.8. The van der Waals surface area contributed by atoms with Crippen LogP contribution in [0, 0.1) is 13.8 Å². The van der Waals surface area contributed by atoms with Crippen LogP contribution >= 0.6 is 35.4 Å². The third-order valence-corrected chi connectivity index (χ3v) is 7.98. The standard InChI is InChI=1S/C32H26Cl2N4OS/c1-20-18-26(21(2)37(20)29-16-11-22(33)19-27(29)34)31-30(28-10-6-7-17-35-28)36-32(40)38(31)23-12-14-25(15-13-23)39-24-8-4-3-5-9-24/h3-19,30-31H,1-2H3,(H,36,40)/t30-,31-/m0/s1. The molecular formula is C32H26Cl2N4OS. The molecule has 1 aliphatic rings. The van der Waals surface area contributed by atoms with E-state index in [-0.39, 0.29) is 12.1 Å². The molecule has 1 aliphatic heterocycles. The van der Waals surface area contributed by atoms with Gasteiger partial charge < -0.3 is 19.5 Å². The van der Waals surface area contributed by atoms with Crippen LogP contribution in [0.25, 0.3) is 5.69 Å². The second-order valence-electron chi connectivity index (χ2n) is 9.66. The fourth-order valence-electron chi connectivity index (χ4n) is 5.37. The summed E-state index contributed by atoms with van der Waals surface area (Å²) in [7, 11) is 0. The number of thiocarbonyl (C=S) groups is 1. The maximum atomic E-state index is 6.65. The maximum Gasteiger partial charge on any atom is 0.174 e. The van der Waals surface area contributed by atoms with Crippen LogP contribution in [0.3, 0.4) is 0 Å². The third kappa shape index (κ3) is 4.94. The zero-order valence-electron chi connectivity index (χ0n) is 21.9. The molecule has 3 aromatic carbocycles. The van der Waals surface area contributed by atoms with Crippen molar-refractivity contribution in [3.05, 3.63) is 136 Å². The van der Waals surface area contributed by atoms with Gasteiger partial charge in [-0.3, -0.25) is 4.98 Å². The van der Waals surface area contributed by atoms with E-state index in [9.17, 15) is 0 Å². The normalized spacial score (nSPS) is 16.7. The number of ether oxygens (including phenoxy) is 1. The Hall–Kier alpha value is -3.84. The molecular weight excluding hydrogens is 559 g/mol. The predicted octanol–water partition coefficient (Wildman–Crippen LogP) is 8.77. The summed E-state index contributed by atoms with van der Waals surface area (Å²) in [6.45, 7) is 4.19. The van der Waals surface area contributed by atoms with Gasteiger partial charge in [-0.1, -0.05) is 47.5 Å². The SMILES string of the molecule is Cc1cc([C@H]2[C@H](c3ccccn3)NC(=S)N2c2ccc(Oc3ccccc3)cc2)c(C)n1-c1ccc(Cl)cc1Cl. The van der Waals surface area contributed by atoms with Gasteiger partial charge in [0.25, 0.3) is 0 Å².